The van der Waals surface area contributed by atoms with E-state index in [-0.39, 0.29) is 11.3 Å². The number of aromatic carboxylic acids is 1. The summed E-state index contributed by atoms with van der Waals surface area (Å²) in [5, 5.41) is 9.10. The summed E-state index contributed by atoms with van der Waals surface area (Å²) in [6.45, 7) is 8.10. The summed E-state index contributed by atoms with van der Waals surface area (Å²) in [5.74, 6) is -0.315. The first-order chi connectivity index (χ1) is 9.52. The van der Waals surface area contributed by atoms with E-state index in [9.17, 15) is 4.79 Å². The van der Waals surface area contributed by atoms with Gasteiger partial charge in [0.1, 0.15) is 5.82 Å². The Hall–Kier alpha value is -1.82. The molecule has 20 heavy (non-hydrogen) atoms. The van der Waals surface area contributed by atoms with Gasteiger partial charge in [0.25, 0.3) is 0 Å². The van der Waals surface area contributed by atoms with E-state index in [1.807, 2.05) is 0 Å². The topological polar surface area (TPSA) is 82.7 Å². The van der Waals surface area contributed by atoms with Crippen molar-refractivity contribution in [3.63, 3.8) is 0 Å². The van der Waals surface area contributed by atoms with Crippen LogP contribution in [-0.4, -0.2) is 53.2 Å². The second-order valence-electron chi connectivity index (χ2n) is 5.22. The van der Waals surface area contributed by atoms with E-state index in [0.29, 0.717) is 11.9 Å². The van der Waals surface area contributed by atoms with Crippen molar-refractivity contribution in [3.8, 4) is 0 Å². The zero-order chi connectivity index (χ0) is 14.7. The van der Waals surface area contributed by atoms with Crippen molar-refractivity contribution in [2.45, 2.75) is 26.3 Å². The van der Waals surface area contributed by atoms with E-state index in [1.54, 1.807) is 6.07 Å². The van der Waals surface area contributed by atoms with Gasteiger partial charge in [0.15, 0.2) is 0 Å². The molecule has 1 fully saturated rings. The highest BCUT2D eigenvalue weighted by atomic mass is 16.4. The number of rotatable bonds is 4. The summed E-state index contributed by atoms with van der Waals surface area (Å²) < 4.78 is 0. The van der Waals surface area contributed by atoms with Gasteiger partial charge in [0.2, 0.25) is 0 Å². The molecule has 1 aliphatic rings. The summed E-state index contributed by atoms with van der Waals surface area (Å²) in [6.07, 6.45) is 2.57. The highest BCUT2D eigenvalue weighted by Crippen LogP contribution is 2.20. The lowest BCUT2D eigenvalue weighted by molar-refractivity contribution is 0.0698. The predicted molar refractivity (Wildman–Crippen MR) is 79.1 cm³/mol. The first-order valence-electron chi connectivity index (χ1n) is 7.00. The molecule has 6 heteroatoms. The summed E-state index contributed by atoms with van der Waals surface area (Å²) in [6, 6.07) is 2.16. The van der Waals surface area contributed by atoms with Gasteiger partial charge in [-0.3, -0.25) is 4.90 Å². The first-order valence-corrected chi connectivity index (χ1v) is 7.00. The molecule has 0 radical (unpaired) electrons. The maximum Gasteiger partial charge on any atom is 0.337 e. The molecule has 3 N–H and O–H groups in total. The minimum absolute atomic E-state index is 0.124. The van der Waals surface area contributed by atoms with E-state index in [1.165, 1.54) is 6.20 Å². The number of piperazine rings is 1. The summed E-state index contributed by atoms with van der Waals surface area (Å²) in [7, 11) is 0. The van der Waals surface area contributed by atoms with Gasteiger partial charge in [-0.15, -0.1) is 0 Å². The van der Waals surface area contributed by atoms with Gasteiger partial charge in [-0.2, -0.15) is 0 Å². The number of anilines is 2. The number of carbonyl (C=O) groups is 1. The van der Waals surface area contributed by atoms with Gasteiger partial charge in [0, 0.05) is 32.2 Å². The second kappa shape index (κ2) is 6.09. The van der Waals surface area contributed by atoms with Crippen LogP contribution in [0.25, 0.3) is 0 Å². The average Bonchev–Trinajstić information content (AvgIpc) is 2.47. The van der Waals surface area contributed by atoms with Crippen molar-refractivity contribution in [1.29, 1.82) is 0 Å². The smallest absolute Gasteiger partial charge is 0.337 e. The molecule has 1 unspecified atom stereocenters. The largest absolute Gasteiger partial charge is 0.478 e. The molecular formula is C14H22N4O2. The third kappa shape index (κ3) is 3.01. The van der Waals surface area contributed by atoms with Crippen LogP contribution >= 0.6 is 0 Å². The van der Waals surface area contributed by atoms with Gasteiger partial charge in [-0.1, -0.05) is 6.92 Å². The van der Waals surface area contributed by atoms with Crippen LogP contribution in [0.15, 0.2) is 12.3 Å². The third-order valence-corrected chi connectivity index (χ3v) is 4.00. The molecule has 110 valence electrons. The van der Waals surface area contributed by atoms with E-state index < -0.39 is 5.97 Å². The van der Waals surface area contributed by atoms with E-state index in [4.69, 9.17) is 10.8 Å². The SMILES string of the molecule is CCC(C)N1CCN(c2cc(C(=O)O)c(N)cn2)CC1. The molecule has 1 atom stereocenters. The Morgan fingerprint density at radius 2 is 2.10 bits per heavy atom. The lowest BCUT2D eigenvalue weighted by atomic mass is 10.1. The molecule has 1 saturated heterocycles. The minimum Gasteiger partial charge on any atom is -0.478 e. The predicted octanol–water partition coefficient (Wildman–Crippen LogP) is 1.28. The fourth-order valence-corrected chi connectivity index (χ4v) is 2.46. The monoisotopic (exact) mass is 278 g/mol. The standard InChI is InChI=1S/C14H22N4O2/c1-3-10(2)17-4-6-18(7-5-17)13-8-11(14(19)20)12(15)9-16-13/h8-10H,3-7,15H2,1-2H3,(H,19,20). The average molecular weight is 278 g/mol. The molecule has 0 saturated carbocycles. The Kier molecular flexibility index (Phi) is 4.44. The van der Waals surface area contributed by atoms with Gasteiger partial charge in [-0.25, -0.2) is 9.78 Å². The molecule has 0 aromatic carbocycles. The molecule has 1 aromatic rings. The number of hydrogen-bond donors (Lipinski definition) is 2. The van der Waals surface area contributed by atoms with Crippen LogP contribution in [0.3, 0.4) is 0 Å². The number of hydrogen-bond acceptors (Lipinski definition) is 5. The number of nitrogens with two attached hydrogens (primary N) is 1. The lowest BCUT2D eigenvalue weighted by Crippen LogP contribution is -2.49. The van der Waals surface area contributed by atoms with Gasteiger partial charge >= 0.3 is 5.97 Å². The molecule has 6 nitrogen and oxygen atoms in total. The van der Waals surface area contributed by atoms with Crippen molar-refractivity contribution in [3.05, 3.63) is 17.8 Å². The molecule has 2 rings (SSSR count). The van der Waals surface area contributed by atoms with Crippen LogP contribution in [0, 0.1) is 0 Å². The Morgan fingerprint density at radius 1 is 1.45 bits per heavy atom. The van der Waals surface area contributed by atoms with Crippen molar-refractivity contribution < 1.29 is 9.90 Å². The van der Waals surface area contributed by atoms with Crippen molar-refractivity contribution in [2.75, 3.05) is 36.8 Å². The zero-order valence-electron chi connectivity index (χ0n) is 12.0. The van der Waals surface area contributed by atoms with Gasteiger partial charge in [0.05, 0.1) is 17.4 Å². The Balaban J connectivity index is 2.07. The molecule has 0 amide bonds. The van der Waals surface area contributed by atoms with E-state index in [0.717, 1.165) is 32.6 Å². The zero-order valence-corrected chi connectivity index (χ0v) is 12.0. The van der Waals surface area contributed by atoms with E-state index in [2.05, 4.69) is 28.6 Å². The minimum atomic E-state index is -1.01. The van der Waals surface area contributed by atoms with Gasteiger partial charge in [-0.05, 0) is 19.4 Å². The molecule has 2 heterocycles. The third-order valence-electron chi connectivity index (χ3n) is 4.00. The number of pyridine rings is 1. The second-order valence-corrected chi connectivity index (χ2v) is 5.22. The first kappa shape index (κ1) is 14.6. The number of carboxylic acid groups (broad SMARTS) is 1. The van der Waals surface area contributed by atoms with E-state index >= 15 is 0 Å². The van der Waals surface area contributed by atoms with Crippen molar-refractivity contribution in [1.82, 2.24) is 9.88 Å². The molecule has 0 aliphatic carbocycles. The van der Waals surface area contributed by atoms with Crippen molar-refractivity contribution in [2.24, 2.45) is 0 Å². The van der Waals surface area contributed by atoms with Crippen LogP contribution in [0.1, 0.15) is 30.6 Å². The highest BCUT2D eigenvalue weighted by Gasteiger charge is 2.22. The maximum absolute atomic E-state index is 11.1. The fourth-order valence-electron chi connectivity index (χ4n) is 2.46. The van der Waals surface area contributed by atoms with Crippen LogP contribution < -0.4 is 10.6 Å². The summed E-state index contributed by atoms with van der Waals surface area (Å²) in [5.41, 5.74) is 5.96. The van der Waals surface area contributed by atoms with Crippen LogP contribution in [-0.2, 0) is 0 Å². The lowest BCUT2D eigenvalue weighted by Gasteiger charge is -2.38. The molecule has 1 aliphatic heterocycles. The van der Waals surface area contributed by atoms with Crippen LogP contribution in [0.2, 0.25) is 0 Å². The number of aromatic nitrogens is 1. The normalized spacial score (nSPS) is 18.0. The fraction of sp³-hybridized carbons (Fsp3) is 0.571. The van der Waals surface area contributed by atoms with Crippen LogP contribution in [0.5, 0.6) is 0 Å². The Labute approximate surface area is 119 Å². The molecule has 0 spiro atoms. The molecular weight excluding hydrogens is 256 g/mol. The highest BCUT2D eigenvalue weighted by molar-refractivity contribution is 5.94. The number of nitrogens with zero attached hydrogens (tertiary/aromatic N) is 3. The summed E-state index contributed by atoms with van der Waals surface area (Å²) in [4.78, 5) is 19.9. The van der Waals surface area contributed by atoms with Gasteiger partial charge < -0.3 is 15.7 Å². The Bertz CT molecular complexity index is 484. The van der Waals surface area contributed by atoms with Crippen molar-refractivity contribution >= 4 is 17.5 Å². The maximum atomic E-state index is 11.1. The molecule has 1 aromatic heterocycles. The number of nitrogen functional groups attached to an aromatic ring is 1. The number of carboxylic acids is 1. The molecule has 0 bridgehead atoms. The Morgan fingerprint density at radius 3 is 2.65 bits per heavy atom. The van der Waals surface area contributed by atoms with Crippen LogP contribution in [0.4, 0.5) is 11.5 Å². The quantitative estimate of drug-likeness (QED) is 0.863. The summed E-state index contributed by atoms with van der Waals surface area (Å²) >= 11 is 0.